The van der Waals surface area contributed by atoms with Crippen LogP contribution in [0.3, 0.4) is 0 Å². The van der Waals surface area contributed by atoms with Crippen molar-refractivity contribution >= 4 is 37.3 Å². The zero-order chi connectivity index (χ0) is 19.4. The first-order valence-electron chi connectivity index (χ1n) is 9.72. The summed E-state index contributed by atoms with van der Waals surface area (Å²) in [7, 11) is -1.23. The molecule has 4 rings (SSSR count). The van der Waals surface area contributed by atoms with Gasteiger partial charge in [0.25, 0.3) is 5.91 Å². The van der Waals surface area contributed by atoms with Crippen LogP contribution in [0.4, 0.5) is 0 Å². The molecule has 1 saturated heterocycles. The number of sulfone groups is 1. The average Bonchev–Trinajstić information content (AvgIpc) is 3.18. The highest BCUT2D eigenvalue weighted by molar-refractivity contribution is 7.92. The van der Waals surface area contributed by atoms with Crippen LogP contribution in [0.25, 0.3) is 10.2 Å². The van der Waals surface area contributed by atoms with E-state index in [9.17, 15) is 13.2 Å². The highest BCUT2D eigenvalue weighted by Gasteiger charge is 2.49. The van der Waals surface area contributed by atoms with Crippen LogP contribution in [-0.4, -0.2) is 52.6 Å². The lowest BCUT2D eigenvalue weighted by Gasteiger charge is -2.44. The van der Waals surface area contributed by atoms with Gasteiger partial charge in [-0.1, -0.05) is 33.1 Å². The Hall–Kier alpha value is -1.41. The number of thiophene rings is 1. The average molecular weight is 410 g/mol. The number of carbonyl (C=O) groups is 1. The summed E-state index contributed by atoms with van der Waals surface area (Å²) in [6.45, 7) is 4.84. The van der Waals surface area contributed by atoms with E-state index < -0.39 is 14.6 Å². The van der Waals surface area contributed by atoms with Gasteiger partial charge in [-0.2, -0.15) is 5.10 Å². The number of rotatable bonds is 2. The highest BCUT2D eigenvalue weighted by Crippen LogP contribution is 2.40. The second-order valence-electron chi connectivity index (χ2n) is 8.28. The molecule has 0 unspecified atom stereocenters. The number of nitrogens with zero attached hydrogens (tertiary/aromatic N) is 3. The minimum Gasteiger partial charge on any atom is -0.335 e. The fourth-order valence-corrected chi connectivity index (χ4v) is 7.77. The summed E-state index contributed by atoms with van der Waals surface area (Å²) in [5, 5.41) is 5.61. The SMILES string of the molecule is CC(C)c1nn(C)c2sc(C(=O)N3CCS(=O)(=O)C4(CCCCC4)C3)cc12. The van der Waals surface area contributed by atoms with E-state index in [0.717, 1.165) is 35.2 Å². The Morgan fingerprint density at radius 2 is 1.96 bits per heavy atom. The monoisotopic (exact) mass is 409 g/mol. The number of aryl methyl sites for hydroxylation is 1. The molecule has 0 N–H and O–H groups in total. The fraction of sp³-hybridized carbons (Fsp3) is 0.684. The molecular formula is C19H27N3O3S2. The third kappa shape index (κ3) is 3.01. The Balaban J connectivity index is 1.65. The summed E-state index contributed by atoms with van der Waals surface area (Å²) in [5.74, 6) is 0.338. The summed E-state index contributed by atoms with van der Waals surface area (Å²) in [4.78, 5) is 16.7. The number of fused-ring (bicyclic) bond motifs is 1. The molecule has 6 nitrogen and oxygen atoms in total. The largest absolute Gasteiger partial charge is 0.335 e. The lowest BCUT2D eigenvalue weighted by Crippen LogP contribution is -2.58. The van der Waals surface area contributed by atoms with Crippen molar-refractivity contribution in [1.82, 2.24) is 14.7 Å². The van der Waals surface area contributed by atoms with Gasteiger partial charge in [-0.25, -0.2) is 8.42 Å². The van der Waals surface area contributed by atoms with E-state index in [-0.39, 0.29) is 17.6 Å². The van der Waals surface area contributed by atoms with E-state index in [4.69, 9.17) is 0 Å². The van der Waals surface area contributed by atoms with Gasteiger partial charge in [0, 0.05) is 25.5 Å². The van der Waals surface area contributed by atoms with Gasteiger partial charge in [-0.05, 0) is 24.8 Å². The maximum Gasteiger partial charge on any atom is 0.264 e. The Labute approximate surface area is 164 Å². The molecule has 1 aliphatic heterocycles. The van der Waals surface area contributed by atoms with Crippen molar-refractivity contribution in [1.29, 1.82) is 0 Å². The number of aromatic nitrogens is 2. The smallest absolute Gasteiger partial charge is 0.264 e. The quantitative estimate of drug-likeness (QED) is 0.763. The molecule has 8 heteroatoms. The molecule has 1 saturated carbocycles. The number of carbonyl (C=O) groups excluding carboxylic acids is 1. The van der Waals surface area contributed by atoms with Gasteiger partial charge in [-0.3, -0.25) is 9.48 Å². The van der Waals surface area contributed by atoms with E-state index >= 15 is 0 Å². The van der Waals surface area contributed by atoms with Crippen molar-refractivity contribution < 1.29 is 13.2 Å². The fourth-order valence-electron chi connectivity index (χ4n) is 4.56. The standard InChI is InChI=1S/C19H27N3O3S2/c1-13(2)16-14-11-15(26-18(14)21(3)20-16)17(23)22-9-10-27(24,25)19(12-22)7-5-4-6-8-19/h11,13H,4-10,12H2,1-3H3. The van der Waals surface area contributed by atoms with Crippen molar-refractivity contribution in [2.75, 3.05) is 18.8 Å². The van der Waals surface area contributed by atoms with E-state index in [1.54, 1.807) is 4.90 Å². The van der Waals surface area contributed by atoms with Crippen LogP contribution in [0.1, 0.15) is 67.2 Å². The molecule has 1 aliphatic carbocycles. The zero-order valence-electron chi connectivity index (χ0n) is 16.2. The first kappa shape index (κ1) is 18.9. The van der Waals surface area contributed by atoms with Crippen LogP contribution < -0.4 is 0 Å². The summed E-state index contributed by atoms with van der Waals surface area (Å²) < 4.78 is 26.7. The predicted octanol–water partition coefficient (Wildman–Crippen LogP) is 3.33. The Kier molecular flexibility index (Phi) is 4.62. The van der Waals surface area contributed by atoms with Crippen LogP contribution in [0.5, 0.6) is 0 Å². The minimum absolute atomic E-state index is 0.0363. The van der Waals surface area contributed by atoms with E-state index in [1.165, 1.54) is 11.3 Å². The minimum atomic E-state index is -3.14. The van der Waals surface area contributed by atoms with Crippen molar-refractivity contribution in [3.05, 3.63) is 16.6 Å². The first-order valence-corrected chi connectivity index (χ1v) is 12.2. The Morgan fingerprint density at radius 1 is 1.26 bits per heavy atom. The van der Waals surface area contributed by atoms with Gasteiger partial charge < -0.3 is 4.90 Å². The molecule has 0 radical (unpaired) electrons. The van der Waals surface area contributed by atoms with Gasteiger partial charge in [0.1, 0.15) is 4.83 Å². The highest BCUT2D eigenvalue weighted by atomic mass is 32.2. The second-order valence-corrected chi connectivity index (χ2v) is 11.8. The van der Waals surface area contributed by atoms with Crippen molar-refractivity contribution in [3.63, 3.8) is 0 Å². The molecule has 2 fully saturated rings. The lowest BCUT2D eigenvalue weighted by molar-refractivity contribution is 0.0728. The normalized spacial score (nSPS) is 22.0. The molecule has 1 spiro atoms. The van der Waals surface area contributed by atoms with E-state index in [2.05, 4.69) is 18.9 Å². The van der Waals surface area contributed by atoms with Crippen LogP contribution in [0.15, 0.2) is 6.07 Å². The summed E-state index contributed by atoms with van der Waals surface area (Å²) in [5.41, 5.74) is 1.01. The number of hydrogen-bond acceptors (Lipinski definition) is 5. The molecule has 0 aromatic carbocycles. The van der Waals surface area contributed by atoms with Crippen LogP contribution in [0, 0.1) is 0 Å². The predicted molar refractivity (Wildman–Crippen MR) is 108 cm³/mol. The third-order valence-electron chi connectivity index (χ3n) is 6.12. The van der Waals surface area contributed by atoms with Gasteiger partial charge in [0.15, 0.2) is 9.84 Å². The molecule has 0 bridgehead atoms. The van der Waals surface area contributed by atoms with Crippen LogP contribution in [-0.2, 0) is 16.9 Å². The van der Waals surface area contributed by atoms with Crippen molar-refractivity contribution in [3.8, 4) is 0 Å². The van der Waals surface area contributed by atoms with E-state index in [0.29, 0.717) is 30.8 Å². The van der Waals surface area contributed by atoms with Crippen molar-refractivity contribution in [2.24, 2.45) is 7.05 Å². The maximum atomic E-state index is 13.2. The molecule has 2 aromatic rings. The van der Waals surface area contributed by atoms with Gasteiger partial charge >= 0.3 is 0 Å². The van der Waals surface area contributed by atoms with Gasteiger partial charge in [0.05, 0.1) is 21.1 Å². The maximum absolute atomic E-state index is 13.2. The van der Waals surface area contributed by atoms with Crippen LogP contribution >= 0.6 is 11.3 Å². The zero-order valence-corrected chi connectivity index (χ0v) is 17.8. The molecule has 2 aliphatic rings. The van der Waals surface area contributed by atoms with Gasteiger partial charge in [-0.15, -0.1) is 11.3 Å². The Bertz CT molecular complexity index is 981. The molecule has 2 aromatic heterocycles. The number of hydrogen-bond donors (Lipinski definition) is 0. The second kappa shape index (κ2) is 6.58. The molecule has 3 heterocycles. The number of amides is 1. The summed E-state index contributed by atoms with van der Waals surface area (Å²) in [6, 6.07) is 1.95. The van der Waals surface area contributed by atoms with Gasteiger partial charge in [0.2, 0.25) is 0 Å². The first-order chi connectivity index (χ1) is 12.7. The molecular weight excluding hydrogens is 382 g/mol. The topological polar surface area (TPSA) is 72.3 Å². The van der Waals surface area contributed by atoms with Crippen LogP contribution in [0.2, 0.25) is 0 Å². The molecule has 27 heavy (non-hydrogen) atoms. The lowest BCUT2D eigenvalue weighted by atomic mass is 9.87. The Morgan fingerprint density at radius 3 is 2.63 bits per heavy atom. The van der Waals surface area contributed by atoms with Crippen molar-refractivity contribution in [2.45, 2.75) is 56.6 Å². The molecule has 148 valence electrons. The molecule has 0 atom stereocenters. The molecule has 1 amide bonds. The third-order valence-corrected chi connectivity index (χ3v) is 9.89. The summed E-state index contributed by atoms with van der Waals surface area (Å²) in [6.07, 6.45) is 4.34. The summed E-state index contributed by atoms with van der Waals surface area (Å²) >= 11 is 1.46. The van der Waals surface area contributed by atoms with E-state index in [1.807, 2.05) is 17.8 Å².